The van der Waals surface area contributed by atoms with Gasteiger partial charge in [0.1, 0.15) is 5.75 Å². The Morgan fingerprint density at radius 2 is 1.80 bits per heavy atom. The number of hydrogen-bond acceptors (Lipinski definition) is 4. The molecule has 20 heavy (non-hydrogen) atoms. The number of carbonyl (C=O) groups is 1. The van der Waals surface area contributed by atoms with E-state index in [1.54, 1.807) is 0 Å². The van der Waals surface area contributed by atoms with Crippen molar-refractivity contribution in [3.8, 4) is 0 Å². The number of likely N-dealkylation sites (N-methyl/N-ethyl adjacent to an activating group) is 1. The van der Waals surface area contributed by atoms with E-state index in [-0.39, 0.29) is 23.5 Å². The average Bonchev–Trinajstić information content (AvgIpc) is 2.95. The maximum atomic E-state index is 12.3. The van der Waals surface area contributed by atoms with Crippen molar-refractivity contribution in [2.24, 2.45) is 0 Å². The summed E-state index contributed by atoms with van der Waals surface area (Å²) >= 11 is 0. The van der Waals surface area contributed by atoms with Gasteiger partial charge in [-0.15, -0.1) is 0 Å². The molecule has 0 radical (unpaired) electrons. The normalized spacial score (nSPS) is 28.2. The summed E-state index contributed by atoms with van der Waals surface area (Å²) in [6.45, 7) is 3.63. The van der Waals surface area contributed by atoms with Gasteiger partial charge in [0.15, 0.2) is 9.84 Å². The molecule has 2 aliphatic rings. The van der Waals surface area contributed by atoms with Gasteiger partial charge < -0.3 is 9.80 Å². The highest BCUT2D eigenvalue weighted by molar-refractivity contribution is 7.92. The molecule has 0 N–H and O–H groups in total. The van der Waals surface area contributed by atoms with Crippen molar-refractivity contribution in [2.45, 2.75) is 51.1 Å². The van der Waals surface area contributed by atoms with Gasteiger partial charge >= 0.3 is 0 Å². The summed E-state index contributed by atoms with van der Waals surface area (Å²) in [6, 6.07) is 0.627. The first-order valence-electron chi connectivity index (χ1n) is 7.64. The molecule has 116 valence electrons. The van der Waals surface area contributed by atoms with E-state index in [4.69, 9.17) is 0 Å². The SMILES string of the molecule is CCCS(=O)(=O)CC(=O)N1CCCC1C1CCCN1C. The highest BCUT2D eigenvalue weighted by Crippen LogP contribution is 2.29. The van der Waals surface area contributed by atoms with Crippen LogP contribution in [0.5, 0.6) is 0 Å². The first kappa shape index (κ1) is 15.8. The maximum Gasteiger partial charge on any atom is 0.238 e. The van der Waals surface area contributed by atoms with E-state index in [0.29, 0.717) is 12.5 Å². The lowest BCUT2D eigenvalue weighted by Crippen LogP contribution is -2.48. The number of rotatable bonds is 5. The molecule has 0 aromatic carbocycles. The van der Waals surface area contributed by atoms with E-state index in [0.717, 1.165) is 32.4 Å². The summed E-state index contributed by atoms with van der Waals surface area (Å²) in [7, 11) is -1.13. The van der Waals surface area contributed by atoms with Gasteiger partial charge in [-0.2, -0.15) is 0 Å². The molecule has 2 saturated heterocycles. The van der Waals surface area contributed by atoms with Crippen LogP contribution in [0.25, 0.3) is 0 Å². The lowest BCUT2D eigenvalue weighted by molar-refractivity contribution is -0.130. The quantitative estimate of drug-likeness (QED) is 0.757. The smallest absolute Gasteiger partial charge is 0.238 e. The van der Waals surface area contributed by atoms with Crippen LogP contribution < -0.4 is 0 Å². The lowest BCUT2D eigenvalue weighted by atomic mass is 10.0. The number of hydrogen-bond donors (Lipinski definition) is 0. The van der Waals surface area contributed by atoms with Crippen LogP contribution in [0.15, 0.2) is 0 Å². The minimum atomic E-state index is -3.23. The van der Waals surface area contributed by atoms with E-state index in [1.807, 2.05) is 11.8 Å². The summed E-state index contributed by atoms with van der Waals surface area (Å²) in [6.07, 6.45) is 4.87. The molecule has 5 nitrogen and oxygen atoms in total. The fourth-order valence-corrected chi connectivity index (χ4v) is 4.89. The molecule has 0 aromatic rings. The fourth-order valence-electron chi connectivity index (χ4n) is 3.58. The molecule has 6 heteroatoms. The summed E-state index contributed by atoms with van der Waals surface area (Å²) in [4.78, 5) is 16.5. The van der Waals surface area contributed by atoms with E-state index >= 15 is 0 Å². The monoisotopic (exact) mass is 302 g/mol. The first-order chi connectivity index (χ1) is 9.44. The maximum absolute atomic E-state index is 12.3. The van der Waals surface area contributed by atoms with Gasteiger partial charge in [0.25, 0.3) is 0 Å². The Kier molecular flexibility index (Phi) is 5.07. The van der Waals surface area contributed by atoms with Crippen LogP contribution in [-0.4, -0.2) is 67.9 Å². The van der Waals surface area contributed by atoms with Crippen LogP contribution in [0, 0.1) is 0 Å². The second-order valence-electron chi connectivity index (χ2n) is 6.08. The molecule has 2 atom stereocenters. The zero-order valence-electron chi connectivity index (χ0n) is 12.5. The predicted molar refractivity (Wildman–Crippen MR) is 79.3 cm³/mol. The third kappa shape index (κ3) is 3.52. The van der Waals surface area contributed by atoms with Crippen molar-refractivity contribution >= 4 is 15.7 Å². The fraction of sp³-hybridized carbons (Fsp3) is 0.929. The van der Waals surface area contributed by atoms with Gasteiger partial charge in [-0.05, 0) is 45.7 Å². The van der Waals surface area contributed by atoms with E-state index < -0.39 is 9.84 Å². The van der Waals surface area contributed by atoms with E-state index in [1.165, 1.54) is 6.42 Å². The molecule has 0 bridgehead atoms. The molecule has 0 saturated carbocycles. The molecule has 1 amide bonds. The molecule has 2 heterocycles. The average molecular weight is 302 g/mol. The Hall–Kier alpha value is -0.620. The summed E-state index contributed by atoms with van der Waals surface area (Å²) in [5.41, 5.74) is 0. The topological polar surface area (TPSA) is 57.7 Å². The van der Waals surface area contributed by atoms with Gasteiger partial charge in [0.2, 0.25) is 5.91 Å². The van der Waals surface area contributed by atoms with Gasteiger partial charge in [-0.25, -0.2) is 8.42 Å². The Labute approximate surface area is 122 Å². The molecule has 2 unspecified atom stereocenters. The minimum Gasteiger partial charge on any atom is -0.337 e. The van der Waals surface area contributed by atoms with Gasteiger partial charge in [-0.1, -0.05) is 6.92 Å². The Bertz CT molecular complexity index is 449. The molecular weight excluding hydrogens is 276 g/mol. The first-order valence-corrected chi connectivity index (χ1v) is 9.47. The Morgan fingerprint density at radius 1 is 1.15 bits per heavy atom. The number of carbonyl (C=O) groups excluding carboxylic acids is 1. The highest BCUT2D eigenvalue weighted by atomic mass is 32.2. The number of likely N-dealkylation sites (tertiary alicyclic amines) is 2. The van der Waals surface area contributed by atoms with Crippen LogP contribution in [0.2, 0.25) is 0 Å². The van der Waals surface area contributed by atoms with E-state index in [9.17, 15) is 13.2 Å². The zero-order valence-corrected chi connectivity index (χ0v) is 13.4. The van der Waals surface area contributed by atoms with Crippen molar-refractivity contribution in [1.29, 1.82) is 0 Å². The molecule has 2 aliphatic heterocycles. The highest BCUT2D eigenvalue weighted by Gasteiger charge is 2.39. The van der Waals surface area contributed by atoms with Crippen LogP contribution in [0.1, 0.15) is 39.0 Å². The van der Waals surface area contributed by atoms with Gasteiger partial charge in [0, 0.05) is 18.6 Å². The van der Waals surface area contributed by atoms with Crippen molar-refractivity contribution in [1.82, 2.24) is 9.80 Å². The summed E-state index contributed by atoms with van der Waals surface area (Å²) < 4.78 is 23.7. The lowest BCUT2D eigenvalue weighted by Gasteiger charge is -2.33. The van der Waals surface area contributed by atoms with Crippen molar-refractivity contribution in [2.75, 3.05) is 31.6 Å². The third-order valence-corrected chi connectivity index (χ3v) is 6.22. The van der Waals surface area contributed by atoms with Crippen LogP contribution >= 0.6 is 0 Å². The van der Waals surface area contributed by atoms with Crippen LogP contribution in [-0.2, 0) is 14.6 Å². The zero-order chi connectivity index (χ0) is 14.8. The van der Waals surface area contributed by atoms with Crippen molar-refractivity contribution < 1.29 is 13.2 Å². The summed E-state index contributed by atoms with van der Waals surface area (Å²) in [5, 5.41) is 0. The molecule has 2 fully saturated rings. The predicted octanol–water partition coefficient (Wildman–Crippen LogP) is 0.896. The molecular formula is C14H26N2O3S. The minimum absolute atomic E-state index is 0.112. The van der Waals surface area contributed by atoms with Crippen LogP contribution in [0.3, 0.4) is 0 Å². The number of amides is 1. The largest absolute Gasteiger partial charge is 0.337 e. The Balaban J connectivity index is 2.01. The number of nitrogens with zero attached hydrogens (tertiary/aromatic N) is 2. The second kappa shape index (κ2) is 6.43. The third-order valence-electron chi connectivity index (χ3n) is 4.50. The number of sulfone groups is 1. The summed E-state index contributed by atoms with van der Waals surface area (Å²) in [5.74, 6) is -0.393. The Morgan fingerprint density at radius 3 is 2.40 bits per heavy atom. The standard InChI is InChI=1S/C14H26N2O3S/c1-3-10-20(18,19)11-14(17)16-9-5-7-13(16)12-6-4-8-15(12)2/h12-13H,3-11H2,1-2H3. The molecule has 2 rings (SSSR count). The molecule has 0 spiro atoms. The van der Waals surface area contributed by atoms with Gasteiger partial charge in [-0.3, -0.25) is 4.79 Å². The van der Waals surface area contributed by atoms with Crippen molar-refractivity contribution in [3.05, 3.63) is 0 Å². The van der Waals surface area contributed by atoms with Crippen molar-refractivity contribution in [3.63, 3.8) is 0 Å². The van der Waals surface area contributed by atoms with Gasteiger partial charge in [0.05, 0.1) is 5.75 Å². The molecule has 0 aliphatic carbocycles. The van der Waals surface area contributed by atoms with Crippen LogP contribution in [0.4, 0.5) is 0 Å². The molecule has 0 aromatic heterocycles. The second-order valence-corrected chi connectivity index (χ2v) is 8.26. The van der Waals surface area contributed by atoms with E-state index in [2.05, 4.69) is 11.9 Å².